The first kappa shape index (κ1) is 20.4. The van der Waals surface area contributed by atoms with Crippen molar-refractivity contribution in [2.24, 2.45) is 5.92 Å². The molecule has 1 fully saturated rings. The Bertz CT molecular complexity index is 1020. The van der Waals surface area contributed by atoms with Gasteiger partial charge in [-0.15, -0.1) is 20.4 Å². The second-order valence-corrected chi connectivity index (χ2v) is 9.25. The van der Waals surface area contributed by atoms with Crippen molar-refractivity contribution < 1.29 is 9.59 Å². The molecule has 0 bridgehead atoms. The van der Waals surface area contributed by atoms with Crippen molar-refractivity contribution >= 4 is 44.8 Å². The Morgan fingerprint density at radius 1 is 1.03 bits per heavy atom. The molecule has 0 saturated heterocycles. The number of hydrogen-bond acceptors (Lipinski definition) is 10. The van der Waals surface area contributed by atoms with Crippen molar-refractivity contribution in [3.8, 4) is 0 Å². The van der Waals surface area contributed by atoms with E-state index in [0.717, 1.165) is 41.3 Å². The van der Waals surface area contributed by atoms with Gasteiger partial charge in [-0.1, -0.05) is 22.7 Å². The molecular weight excluding hydrogens is 424 g/mol. The number of aromatic nitrogens is 6. The first-order chi connectivity index (χ1) is 14.5. The maximum absolute atomic E-state index is 12.1. The van der Waals surface area contributed by atoms with Gasteiger partial charge in [0.25, 0.3) is 0 Å². The molecule has 1 aliphatic carbocycles. The molecule has 4 rings (SSSR count). The lowest BCUT2D eigenvalue weighted by atomic mass is 10.0. The number of carbonyl (C=O) groups excluding carboxylic acids is 2. The number of hydrogen-bond donors (Lipinski definition) is 2. The summed E-state index contributed by atoms with van der Waals surface area (Å²) in [4.78, 5) is 31.1. The van der Waals surface area contributed by atoms with Gasteiger partial charge in [0, 0.05) is 31.7 Å². The first-order valence-corrected chi connectivity index (χ1v) is 11.2. The summed E-state index contributed by atoms with van der Waals surface area (Å²) in [7, 11) is 0. The molecule has 3 aromatic rings. The number of carbonyl (C=O) groups is 2. The van der Waals surface area contributed by atoms with Crippen LogP contribution in [0.4, 0.5) is 10.3 Å². The summed E-state index contributed by atoms with van der Waals surface area (Å²) in [6.07, 6.45) is 8.81. The van der Waals surface area contributed by atoms with E-state index in [4.69, 9.17) is 0 Å². The molecule has 1 unspecified atom stereocenters. The monoisotopic (exact) mass is 444 g/mol. The Balaban J connectivity index is 1.27. The van der Waals surface area contributed by atoms with Gasteiger partial charge in [-0.2, -0.15) is 0 Å². The van der Waals surface area contributed by atoms with Gasteiger partial charge in [0.2, 0.25) is 22.1 Å². The van der Waals surface area contributed by atoms with Crippen LogP contribution in [-0.4, -0.2) is 42.2 Å². The lowest BCUT2D eigenvalue weighted by molar-refractivity contribution is -0.116. The number of amides is 2. The highest BCUT2D eigenvalue weighted by atomic mass is 32.1. The van der Waals surface area contributed by atoms with Crippen LogP contribution in [0.25, 0.3) is 0 Å². The normalized spacial score (nSPS) is 18.3. The largest absolute Gasteiger partial charge is 0.301 e. The molecule has 0 spiro atoms. The highest BCUT2D eigenvalue weighted by Crippen LogP contribution is 2.41. The summed E-state index contributed by atoms with van der Waals surface area (Å²) in [6, 6.07) is 0. The fourth-order valence-corrected chi connectivity index (χ4v) is 5.30. The molecule has 30 heavy (non-hydrogen) atoms. The molecule has 12 heteroatoms. The Morgan fingerprint density at radius 2 is 1.80 bits per heavy atom. The molecule has 0 aromatic carbocycles. The van der Waals surface area contributed by atoms with Crippen LogP contribution >= 0.6 is 22.7 Å². The maximum atomic E-state index is 12.1. The Hall–Kier alpha value is -2.86. The molecule has 1 aliphatic rings. The lowest BCUT2D eigenvalue weighted by Crippen LogP contribution is -2.14. The van der Waals surface area contributed by atoms with E-state index in [2.05, 4.69) is 41.0 Å². The minimum Gasteiger partial charge on any atom is -0.301 e. The number of nitrogens with zero attached hydrogens (tertiary/aromatic N) is 6. The van der Waals surface area contributed by atoms with Crippen molar-refractivity contribution in [2.45, 2.75) is 44.9 Å². The SMILES string of the molecule is CC(=O)Nc1nnc(C2CC[C@H](Cc3nnc(NC(=O)Cc4cncnc4)s3)C2)s1. The molecule has 2 N–H and O–H groups in total. The van der Waals surface area contributed by atoms with Gasteiger partial charge < -0.3 is 10.6 Å². The molecule has 156 valence electrons. The summed E-state index contributed by atoms with van der Waals surface area (Å²) in [6.45, 7) is 1.46. The highest BCUT2D eigenvalue weighted by Gasteiger charge is 2.29. The van der Waals surface area contributed by atoms with Gasteiger partial charge in [0.15, 0.2) is 0 Å². The number of anilines is 2. The molecule has 3 aromatic heterocycles. The van der Waals surface area contributed by atoms with Crippen LogP contribution in [0.3, 0.4) is 0 Å². The molecule has 10 nitrogen and oxygen atoms in total. The minimum absolute atomic E-state index is 0.140. The van der Waals surface area contributed by atoms with Crippen molar-refractivity contribution in [2.75, 3.05) is 10.6 Å². The molecule has 2 atom stereocenters. The van der Waals surface area contributed by atoms with Crippen LogP contribution in [0, 0.1) is 5.92 Å². The van der Waals surface area contributed by atoms with E-state index in [1.807, 2.05) is 0 Å². The topological polar surface area (TPSA) is 136 Å². The van der Waals surface area contributed by atoms with Gasteiger partial charge in [0.1, 0.15) is 16.3 Å². The van der Waals surface area contributed by atoms with Crippen molar-refractivity contribution in [3.05, 3.63) is 34.3 Å². The van der Waals surface area contributed by atoms with E-state index in [9.17, 15) is 9.59 Å². The van der Waals surface area contributed by atoms with E-state index in [1.165, 1.54) is 35.9 Å². The molecular formula is C18H20N8O2S2. The molecule has 3 heterocycles. The molecule has 0 radical (unpaired) electrons. The van der Waals surface area contributed by atoms with Crippen molar-refractivity contribution in [1.29, 1.82) is 0 Å². The molecule has 0 aliphatic heterocycles. The van der Waals surface area contributed by atoms with E-state index in [0.29, 0.717) is 22.1 Å². The van der Waals surface area contributed by atoms with E-state index in [1.54, 1.807) is 12.4 Å². The molecule has 2 amide bonds. The van der Waals surface area contributed by atoms with Crippen molar-refractivity contribution in [3.63, 3.8) is 0 Å². The summed E-state index contributed by atoms with van der Waals surface area (Å²) >= 11 is 2.85. The average Bonchev–Trinajstić information content (AvgIpc) is 3.44. The Kier molecular flexibility index (Phi) is 6.33. The lowest BCUT2D eigenvalue weighted by Gasteiger charge is -2.06. The van der Waals surface area contributed by atoms with E-state index < -0.39 is 0 Å². The van der Waals surface area contributed by atoms with Crippen LogP contribution in [0.15, 0.2) is 18.7 Å². The zero-order chi connectivity index (χ0) is 20.9. The Labute approximate surface area is 180 Å². The van der Waals surface area contributed by atoms with Gasteiger partial charge in [-0.05, 0) is 30.7 Å². The van der Waals surface area contributed by atoms with E-state index >= 15 is 0 Å². The molecule has 1 saturated carbocycles. The third-order valence-corrected chi connectivity index (χ3v) is 6.63. The third kappa shape index (κ3) is 5.39. The number of rotatable bonds is 7. The van der Waals surface area contributed by atoms with Crippen LogP contribution in [0.5, 0.6) is 0 Å². The smallest absolute Gasteiger partial charge is 0.230 e. The first-order valence-electron chi connectivity index (χ1n) is 9.52. The summed E-state index contributed by atoms with van der Waals surface area (Å²) in [5.41, 5.74) is 0.745. The summed E-state index contributed by atoms with van der Waals surface area (Å²) in [5.74, 6) is 0.536. The number of nitrogens with one attached hydrogen (secondary N) is 2. The average molecular weight is 445 g/mol. The standard InChI is InChI=1S/C18H20N8O2S2/c1-10(27)21-17-26-24-16(30-17)13-3-2-11(4-13)6-15-23-25-18(29-15)22-14(28)5-12-7-19-9-20-8-12/h7-9,11,13H,2-6H2,1H3,(H,21,26,27)(H,22,25,28)/t11-,13?/m0/s1. The predicted octanol–water partition coefficient (Wildman–Crippen LogP) is 2.45. The quantitative estimate of drug-likeness (QED) is 0.567. The second kappa shape index (κ2) is 9.30. The fourth-order valence-electron chi connectivity index (χ4n) is 3.49. The van der Waals surface area contributed by atoms with Crippen LogP contribution in [-0.2, 0) is 22.4 Å². The third-order valence-electron chi connectivity index (χ3n) is 4.77. The van der Waals surface area contributed by atoms with Crippen molar-refractivity contribution in [1.82, 2.24) is 30.4 Å². The summed E-state index contributed by atoms with van der Waals surface area (Å²) in [5, 5.41) is 25.0. The van der Waals surface area contributed by atoms with Gasteiger partial charge in [-0.25, -0.2) is 9.97 Å². The summed E-state index contributed by atoms with van der Waals surface area (Å²) < 4.78 is 0. The van der Waals surface area contributed by atoms with Gasteiger partial charge in [0.05, 0.1) is 6.42 Å². The maximum Gasteiger partial charge on any atom is 0.230 e. The van der Waals surface area contributed by atoms with Gasteiger partial charge in [-0.3, -0.25) is 9.59 Å². The van der Waals surface area contributed by atoms with E-state index in [-0.39, 0.29) is 18.2 Å². The zero-order valence-electron chi connectivity index (χ0n) is 16.2. The van der Waals surface area contributed by atoms with Crippen LogP contribution < -0.4 is 10.6 Å². The minimum atomic E-state index is -0.167. The second-order valence-electron chi connectivity index (χ2n) is 7.18. The highest BCUT2D eigenvalue weighted by molar-refractivity contribution is 7.15. The fraction of sp³-hybridized carbons (Fsp3) is 0.444. The van der Waals surface area contributed by atoms with Crippen LogP contribution in [0.2, 0.25) is 0 Å². The Morgan fingerprint density at radius 3 is 2.60 bits per heavy atom. The van der Waals surface area contributed by atoms with Crippen LogP contribution in [0.1, 0.15) is 47.7 Å². The van der Waals surface area contributed by atoms with Gasteiger partial charge >= 0.3 is 0 Å². The zero-order valence-corrected chi connectivity index (χ0v) is 17.9. The predicted molar refractivity (Wildman–Crippen MR) is 112 cm³/mol.